The number of carbonyl (C=O) groups is 2. The number of aliphatic hydroxyl groups excluding tert-OH is 1. The molecule has 1 fully saturated rings. The number of nitrogens with zero attached hydrogens (tertiary/aromatic N) is 2. The number of carbonyl (C=O) groups excluding carboxylic acids is 2. The zero-order chi connectivity index (χ0) is 20.5. The van der Waals surface area contributed by atoms with Gasteiger partial charge in [0, 0.05) is 26.1 Å². The van der Waals surface area contributed by atoms with Crippen LogP contribution in [0.3, 0.4) is 0 Å². The van der Waals surface area contributed by atoms with Crippen molar-refractivity contribution in [3.8, 4) is 0 Å². The van der Waals surface area contributed by atoms with Crippen LogP contribution < -0.4 is 0 Å². The van der Waals surface area contributed by atoms with Crippen LogP contribution in [0.2, 0.25) is 0 Å². The predicted molar refractivity (Wildman–Crippen MR) is 119 cm³/mol. The van der Waals surface area contributed by atoms with E-state index in [-0.39, 0.29) is 18.4 Å². The van der Waals surface area contributed by atoms with Gasteiger partial charge in [0.2, 0.25) is 5.91 Å². The van der Waals surface area contributed by atoms with Crippen molar-refractivity contribution >= 4 is 46.2 Å². The number of thiocarbonyl (C=S) groups is 1. The standard InChI is InChI=1S/C21H28N2O3S2/c1-3-22(13-14-24)19(25)7-5-4-6-12-23-20(26)18(28-21(23)27)15-17-10-8-16(2)9-11-17/h8-11,15,24H,3-7,12-14H2,1-2H3. The SMILES string of the molecule is CCN(CCO)C(=O)CCCCCN1C(=O)C(=Cc2ccc(C)cc2)SC1=S. The molecule has 1 saturated heterocycles. The molecule has 0 unspecified atom stereocenters. The molecule has 2 amide bonds. The Morgan fingerprint density at radius 3 is 2.61 bits per heavy atom. The highest BCUT2D eigenvalue weighted by molar-refractivity contribution is 8.26. The van der Waals surface area contributed by atoms with Gasteiger partial charge in [0.15, 0.2) is 0 Å². The fourth-order valence-electron chi connectivity index (χ4n) is 2.97. The first kappa shape index (κ1) is 22.6. The fraction of sp³-hybridized carbons (Fsp3) is 0.476. The Hall–Kier alpha value is -1.70. The van der Waals surface area contributed by atoms with Crippen molar-refractivity contribution in [2.75, 3.05) is 26.2 Å². The van der Waals surface area contributed by atoms with Gasteiger partial charge in [-0.1, -0.05) is 60.2 Å². The number of aryl methyl sites for hydroxylation is 1. The van der Waals surface area contributed by atoms with Gasteiger partial charge in [-0.15, -0.1) is 0 Å². The molecule has 0 aliphatic carbocycles. The summed E-state index contributed by atoms with van der Waals surface area (Å²) in [7, 11) is 0. The number of thioether (sulfide) groups is 1. The average molecular weight is 421 g/mol. The molecule has 2 rings (SSSR count). The maximum atomic E-state index is 12.6. The van der Waals surface area contributed by atoms with E-state index < -0.39 is 0 Å². The Bertz CT molecular complexity index is 732. The molecule has 5 nitrogen and oxygen atoms in total. The maximum absolute atomic E-state index is 12.6. The van der Waals surface area contributed by atoms with Crippen molar-refractivity contribution in [1.82, 2.24) is 9.80 Å². The highest BCUT2D eigenvalue weighted by Gasteiger charge is 2.31. The first-order chi connectivity index (χ1) is 13.5. The topological polar surface area (TPSA) is 60.9 Å². The number of unbranched alkanes of at least 4 members (excludes halogenated alkanes) is 2. The molecule has 1 aliphatic rings. The van der Waals surface area contributed by atoms with Crippen molar-refractivity contribution < 1.29 is 14.7 Å². The summed E-state index contributed by atoms with van der Waals surface area (Å²) in [5, 5.41) is 8.97. The summed E-state index contributed by atoms with van der Waals surface area (Å²) in [6, 6.07) is 8.03. The van der Waals surface area contributed by atoms with E-state index in [0.29, 0.717) is 35.3 Å². The van der Waals surface area contributed by atoms with Gasteiger partial charge in [0.05, 0.1) is 11.5 Å². The first-order valence-corrected chi connectivity index (χ1v) is 10.9. The number of hydrogen-bond acceptors (Lipinski definition) is 5. The molecule has 152 valence electrons. The van der Waals surface area contributed by atoms with E-state index in [0.717, 1.165) is 24.8 Å². The van der Waals surface area contributed by atoms with Crippen LogP contribution >= 0.6 is 24.0 Å². The zero-order valence-corrected chi connectivity index (χ0v) is 18.2. The average Bonchev–Trinajstić information content (AvgIpc) is 2.94. The maximum Gasteiger partial charge on any atom is 0.266 e. The highest BCUT2D eigenvalue weighted by atomic mass is 32.2. The lowest BCUT2D eigenvalue weighted by Gasteiger charge is -2.19. The number of benzene rings is 1. The quantitative estimate of drug-likeness (QED) is 0.356. The largest absolute Gasteiger partial charge is 0.395 e. The van der Waals surface area contributed by atoms with Crippen molar-refractivity contribution in [3.63, 3.8) is 0 Å². The Balaban J connectivity index is 1.78. The zero-order valence-electron chi connectivity index (χ0n) is 16.5. The van der Waals surface area contributed by atoms with Crippen LogP contribution in [0.5, 0.6) is 0 Å². The van der Waals surface area contributed by atoms with Gasteiger partial charge in [-0.3, -0.25) is 14.5 Å². The molecule has 1 aromatic rings. The second-order valence-electron chi connectivity index (χ2n) is 6.75. The summed E-state index contributed by atoms with van der Waals surface area (Å²) in [6.45, 7) is 5.51. The van der Waals surface area contributed by atoms with Crippen molar-refractivity contribution in [3.05, 3.63) is 40.3 Å². The molecule has 1 N–H and O–H groups in total. The van der Waals surface area contributed by atoms with Crippen molar-refractivity contribution in [1.29, 1.82) is 0 Å². The number of aliphatic hydroxyl groups is 1. The number of rotatable bonds is 10. The molecule has 28 heavy (non-hydrogen) atoms. The number of amides is 2. The summed E-state index contributed by atoms with van der Waals surface area (Å²) in [6.07, 6.45) is 4.80. The van der Waals surface area contributed by atoms with Crippen LogP contribution in [-0.2, 0) is 9.59 Å². The Morgan fingerprint density at radius 1 is 1.25 bits per heavy atom. The molecule has 0 bridgehead atoms. The van der Waals surface area contributed by atoms with E-state index in [9.17, 15) is 9.59 Å². The molecule has 0 saturated carbocycles. The Labute approximate surface area is 176 Å². The van der Waals surface area contributed by atoms with Gasteiger partial charge in [0.1, 0.15) is 4.32 Å². The number of likely N-dealkylation sites (N-methyl/N-ethyl adjacent to an activating group) is 1. The van der Waals surface area contributed by atoms with E-state index in [1.54, 1.807) is 9.80 Å². The minimum absolute atomic E-state index is 0.00972. The smallest absolute Gasteiger partial charge is 0.266 e. The third kappa shape index (κ3) is 6.43. The van der Waals surface area contributed by atoms with Gasteiger partial charge in [-0.2, -0.15) is 0 Å². The van der Waals surface area contributed by atoms with E-state index in [1.165, 1.54) is 17.3 Å². The van der Waals surface area contributed by atoms with Gasteiger partial charge < -0.3 is 10.0 Å². The fourth-order valence-corrected chi connectivity index (χ4v) is 4.28. The summed E-state index contributed by atoms with van der Waals surface area (Å²) in [5.74, 6) is 0.0370. The van der Waals surface area contributed by atoms with Gasteiger partial charge >= 0.3 is 0 Å². The lowest BCUT2D eigenvalue weighted by atomic mass is 10.1. The first-order valence-electron chi connectivity index (χ1n) is 9.67. The minimum Gasteiger partial charge on any atom is -0.395 e. The van der Waals surface area contributed by atoms with Crippen molar-refractivity contribution in [2.45, 2.75) is 39.5 Å². The van der Waals surface area contributed by atoms with E-state index in [4.69, 9.17) is 17.3 Å². The van der Waals surface area contributed by atoms with E-state index in [1.807, 2.05) is 44.2 Å². The van der Waals surface area contributed by atoms with Gasteiger partial charge in [0.25, 0.3) is 5.91 Å². The van der Waals surface area contributed by atoms with Gasteiger partial charge in [-0.25, -0.2) is 0 Å². The Morgan fingerprint density at radius 2 is 1.96 bits per heavy atom. The summed E-state index contributed by atoms with van der Waals surface area (Å²) in [5.41, 5.74) is 2.18. The predicted octanol–water partition coefficient (Wildman–Crippen LogP) is 3.60. The van der Waals surface area contributed by atoms with Crippen LogP contribution in [0.1, 0.15) is 43.7 Å². The molecule has 1 aliphatic heterocycles. The molecule has 0 atom stereocenters. The highest BCUT2D eigenvalue weighted by Crippen LogP contribution is 2.32. The van der Waals surface area contributed by atoms with E-state index in [2.05, 4.69) is 0 Å². The Kier molecular flexibility index (Phi) is 9.15. The molecule has 1 aromatic carbocycles. The molecular formula is C21H28N2O3S2. The van der Waals surface area contributed by atoms with Gasteiger partial charge in [-0.05, 0) is 38.3 Å². The molecular weight excluding hydrogens is 392 g/mol. The molecule has 1 heterocycles. The summed E-state index contributed by atoms with van der Waals surface area (Å²) in [4.78, 5) is 28.7. The lowest BCUT2D eigenvalue weighted by Crippen LogP contribution is -2.33. The minimum atomic E-state index is -0.0354. The molecule has 0 aromatic heterocycles. The summed E-state index contributed by atoms with van der Waals surface area (Å²) >= 11 is 6.72. The van der Waals surface area contributed by atoms with Crippen LogP contribution in [0.4, 0.5) is 0 Å². The molecule has 0 spiro atoms. The third-order valence-electron chi connectivity index (χ3n) is 4.63. The third-order valence-corrected chi connectivity index (χ3v) is 6.00. The van der Waals surface area contributed by atoms with Crippen LogP contribution in [0.25, 0.3) is 6.08 Å². The van der Waals surface area contributed by atoms with Crippen molar-refractivity contribution in [2.24, 2.45) is 0 Å². The second-order valence-corrected chi connectivity index (χ2v) is 8.43. The number of hydrogen-bond donors (Lipinski definition) is 1. The van der Waals surface area contributed by atoms with Crippen LogP contribution in [-0.4, -0.2) is 57.3 Å². The normalized spacial score (nSPS) is 15.5. The summed E-state index contributed by atoms with van der Waals surface area (Å²) < 4.78 is 0.597. The molecule has 7 heteroatoms. The van der Waals surface area contributed by atoms with Crippen LogP contribution in [0.15, 0.2) is 29.2 Å². The monoisotopic (exact) mass is 420 g/mol. The van der Waals surface area contributed by atoms with Crippen LogP contribution in [0, 0.1) is 6.92 Å². The lowest BCUT2D eigenvalue weighted by molar-refractivity contribution is -0.131. The second kappa shape index (κ2) is 11.3. The molecule has 0 radical (unpaired) electrons. The van der Waals surface area contributed by atoms with E-state index >= 15 is 0 Å².